The minimum Gasteiger partial charge on any atom is -0.334 e. The van der Waals surface area contributed by atoms with Gasteiger partial charge in [-0.1, -0.05) is 43.2 Å². The summed E-state index contributed by atoms with van der Waals surface area (Å²) in [6.07, 6.45) is 3.85. The lowest BCUT2D eigenvalue weighted by atomic mass is 10.0. The maximum atomic E-state index is 12.4. The first kappa shape index (κ1) is 14.1. The Balaban J connectivity index is 2.15. The zero-order valence-corrected chi connectivity index (χ0v) is 11.9. The predicted octanol–water partition coefficient (Wildman–Crippen LogP) is 2.79. The number of nitrogens with two attached hydrogens (primary N) is 1. The SMILES string of the molecule is CCCC(N)C(=O)N1CCCC1c1cccc(C)c1. The minimum atomic E-state index is -0.338. The number of aryl methyl sites for hydroxylation is 1. The normalized spacial score (nSPS) is 20.6. The topological polar surface area (TPSA) is 46.3 Å². The van der Waals surface area contributed by atoms with Gasteiger partial charge in [0, 0.05) is 6.54 Å². The van der Waals surface area contributed by atoms with Crippen LogP contribution in [0.5, 0.6) is 0 Å². The average Bonchev–Trinajstić information content (AvgIpc) is 2.87. The molecule has 3 nitrogen and oxygen atoms in total. The van der Waals surface area contributed by atoms with Crippen LogP contribution in [0.2, 0.25) is 0 Å². The second-order valence-electron chi connectivity index (χ2n) is 5.50. The lowest BCUT2D eigenvalue weighted by Gasteiger charge is -2.28. The highest BCUT2D eigenvalue weighted by atomic mass is 16.2. The van der Waals surface area contributed by atoms with Crippen molar-refractivity contribution in [2.24, 2.45) is 5.73 Å². The van der Waals surface area contributed by atoms with Gasteiger partial charge in [0.05, 0.1) is 12.1 Å². The zero-order chi connectivity index (χ0) is 13.8. The van der Waals surface area contributed by atoms with Gasteiger partial charge in [-0.3, -0.25) is 4.79 Å². The van der Waals surface area contributed by atoms with Gasteiger partial charge in [-0.2, -0.15) is 0 Å². The molecule has 1 aromatic rings. The molecule has 1 amide bonds. The van der Waals surface area contributed by atoms with E-state index in [2.05, 4.69) is 38.1 Å². The molecule has 19 heavy (non-hydrogen) atoms. The molecule has 1 aromatic carbocycles. The molecule has 1 heterocycles. The Hall–Kier alpha value is -1.35. The quantitative estimate of drug-likeness (QED) is 0.905. The number of hydrogen-bond acceptors (Lipinski definition) is 2. The Morgan fingerprint density at radius 3 is 3.00 bits per heavy atom. The van der Waals surface area contributed by atoms with E-state index < -0.39 is 0 Å². The van der Waals surface area contributed by atoms with Gasteiger partial charge in [-0.15, -0.1) is 0 Å². The number of amides is 1. The van der Waals surface area contributed by atoms with Crippen LogP contribution in [-0.4, -0.2) is 23.4 Å². The molecule has 0 aliphatic carbocycles. The van der Waals surface area contributed by atoms with Crippen molar-refractivity contribution in [1.29, 1.82) is 0 Å². The molecule has 1 aliphatic rings. The number of carbonyl (C=O) groups excluding carboxylic acids is 1. The summed E-state index contributed by atoms with van der Waals surface area (Å²) >= 11 is 0. The molecule has 0 bridgehead atoms. The highest BCUT2D eigenvalue weighted by Crippen LogP contribution is 2.32. The van der Waals surface area contributed by atoms with Crippen LogP contribution in [0.4, 0.5) is 0 Å². The summed E-state index contributed by atoms with van der Waals surface area (Å²) in [5, 5.41) is 0. The molecular formula is C16H24N2O. The fraction of sp³-hybridized carbons (Fsp3) is 0.562. The molecule has 2 N–H and O–H groups in total. The number of likely N-dealkylation sites (tertiary alicyclic amines) is 1. The van der Waals surface area contributed by atoms with Crippen molar-refractivity contribution in [3.8, 4) is 0 Å². The Kier molecular flexibility index (Phi) is 4.59. The molecule has 104 valence electrons. The summed E-state index contributed by atoms with van der Waals surface area (Å²) in [5.41, 5.74) is 8.48. The number of benzene rings is 1. The fourth-order valence-electron chi connectivity index (χ4n) is 2.90. The van der Waals surface area contributed by atoms with Gasteiger partial charge >= 0.3 is 0 Å². The van der Waals surface area contributed by atoms with Crippen molar-refractivity contribution in [2.45, 2.75) is 51.6 Å². The summed E-state index contributed by atoms with van der Waals surface area (Å²) < 4.78 is 0. The molecule has 0 saturated carbocycles. The first-order chi connectivity index (χ1) is 9.13. The van der Waals surface area contributed by atoms with Crippen LogP contribution in [0.15, 0.2) is 24.3 Å². The van der Waals surface area contributed by atoms with Gasteiger partial charge in [-0.25, -0.2) is 0 Å². The molecule has 1 saturated heterocycles. The second kappa shape index (κ2) is 6.20. The largest absolute Gasteiger partial charge is 0.334 e. The van der Waals surface area contributed by atoms with Gasteiger partial charge in [0.15, 0.2) is 0 Å². The highest BCUT2D eigenvalue weighted by molar-refractivity contribution is 5.82. The van der Waals surface area contributed by atoms with Gasteiger partial charge in [-0.05, 0) is 31.7 Å². The predicted molar refractivity (Wildman–Crippen MR) is 77.8 cm³/mol. The smallest absolute Gasteiger partial charge is 0.239 e. The first-order valence-electron chi connectivity index (χ1n) is 7.26. The Labute approximate surface area is 115 Å². The van der Waals surface area contributed by atoms with Crippen LogP contribution in [0.1, 0.15) is 49.8 Å². The Bertz CT molecular complexity index is 444. The summed E-state index contributed by atoms with van der Waals surface area (Å²) in [6.45, 7) is 5.00. The molecule has 2 rings (SSSR count). The molecule has 1 aliphatic heterocycles. The van der Waals surface area contributed by atoms with Gasteiger partial charge in [0.1, 0.15) is 0 Å². The third-order valence-electron chi connectivity index (χ3n) is 3.88. The van der Waals surface area contributed by atoms with Gasteiger partial charge in [0.2, 0.25) is 5.91 Å². The Morgan fingerprint density at radius 1 is 1.53 bits per heavy atom. The van der Waals surface area contributed by atoms with Crippen LogP contribution < -0.4 is 5.73 Å². The van der Waals surface area contributed by atoms with Gasteiger partial charge < -0.3 is 10.6 Å². The minimum absolute atomic E-state index is 0.117. The van der Waals surface area contributed by atoms with Gasteiger partial charge in [0.25, 0.3) is 0 Å². The van der Waals surface area contributed by atoms with Crippen molar-refractivity contribution in [3.05, 3.63) is 35.4 Å². The van der Waals surface area contributed by atoms with E-state index in [9.17, 15) is 4.79 Å². The molecule has 1 fully saturated rings. The summed E-state index contributed by atoms with van der Waals surface area (Å²) in [7, 11) is 0. The average molecular weight is 260 g/mol. The van der Waals surface area contributed by atoms with E-state index in [1.54, 1.807) is 0 Å². The number of rotatable bonds is 4. The number of nitrogens with zero attached hydrogens (tertiary/aromatic N) is 1. The first-order valence-corrected chi connectivity index (χ1v) is 7.26. The number of carbonyl (C=O) groups is 1. The van der Waals surface area contributed by atoms with Crippen molar-refractivity contribution in [1.82, 2.24) is 4.90 Å². The maximum Gasteiger partial charge on any atom is 0.239 e. The molecule has 0 radical (unpaired) electrons. The zero-order valence-electron chi connectivity index (χ0n) is 11.9. The van der Waals surface area contributed by atoms with E-state index in [0.29, 0.717) is 0 Å². The highest BCUT2D eigenvalue weighted by Gasteiger charge is 2.32. The van der Waals surface area contributed by atoms with Crippen LogP contribution >= 0.6 is 0 Å². The van der Waals surface area contributed by atoms with E-state index in [1.165, 1.54) is 11.1 Å². The monoisotopic (exact) mass is 260 g/mol. The fourth-order valence-corrected chi connectivity index (χ4v) is 2.90. The molecule has 3 heteroatoms. The van der Waals surface area contributed by atoms with Crippen LogP contribution in [0, 0.1) is 6.92 Å². The number of hydrogen-bond donors (Lipinski definition) is 1. The Morgan fingerprint density at radius 2 is 2.32 bits per heavy atom. The van der Waals surface area contributed by atoms with E-state index in [-0.39, 0.29) is 18.0 Å². The molecule has 0 spiro atoms. The van der Waals surface area contributed by atoms with E-state index in [0.717, 1.165) is 32.2 Å². The summed E-state index contributed by atoms with van der Waals surface area (Å²) in [6, 6.07) is 8.34. The van der Waals surface area contributed by atoms with E-state index >= 15 is 0 Å². The standard InChI is InChI=1S/C16H24N2O/c1-3-6-14(17)16(19)18-10-5-9-15(18)13-8-4-7-12(2)11-13/h4,7-8,11,14-15H,3,5-6,9-10,17H2,1-2H3. The summed E-state index contributed by atoms with van der Waals surface area (Å²) in [5.74, 6) is 0.117. The van der Waals surface area contributed by atoms with Crippen LogP contribution in [0.3, 0.4) is 0 Å². The van der Waals surface area contributed by atoms with Crippen LogP contribution in [-0.2, 0) is 4.79 Å². The van der Waals surface area contributed by atoms with E-state index in [4.69, 9.17) is 5.73 Å². The third-order valence-corrected chi connectivity index (χ3v) is 3.88. The molecule has 2 unspecified atom stereocenters. The van der Waals surface area contributed by atoms with Crippen LogP contribution in [0.25, 0.3) is 0 Å². The van der Waals surface area contributed by atoms with Crippen molar-refractivity contribution in [3.63, 3.8) is 0 Å². The maximum absolute atomic E-state index is 12.4. The lowest BCUT2D eigenvalue weighted by molar-refractivity contribution is -0.133. The third kappa shape index (κ3) is 3.16. The second-order valence-corrected chi connectivity index (χ2v) is 5.50. The molecular weight excluding hydrogens is 236 g/mol. The lowest BCUT2D eigenvalue weighted by Crippen LogP contribution is -2.43. The van der Waals surface area contributed by atoms with Crippen molar-refractivity contribution < 1.29 is 4.79 Å². The van der Waals surface area contributed by atoms with Crippen molar-refractivity contribution in [2.75, 3.05) is 6.54 Å². The van der Waals surface area contributed by atoms with Crippen molar-refractivity contribution >= 4 is 5.91 Å². The molecule has 0 aromatic heterocycles. The summed E-state index contributed by atoms with van der Waals surface area (Å²) in [4.78, 5) is 14.4. The van der Waals surface area contributed by atoms with E-state index in [1.807, 2.05) is 4.90 Å². The molecule has 2 atom stereocenters.